The van der Waals surface area contributed by atoms with Gasteiger partial charge < -0.3 is 9.84 Å². The SMILES string of the molecule is CC(C)(C)c1cc(-c2cc(-c3ccccc3)ccn2)[c-]c(-c2ccc3c4ccccc4c4c5c6c(c(O)c4c3n2)-c2ccccc2B6c2ccccc2O5)c1.[Pt]. The van der Waals surface area contributed by atoms with E-state index in [1.807, 2.05) is 30.5 Å². The minimum atomic E-state index is -0.144. The number of ether oxygens (including phenoxy) is 1. The molecule has 0 fully saturated rings. The second kappa shape index (κ2) is 12.8. The third-order valence-corrected chi connectivity index (χ3v) is 11.5. The molecule has 56 heavy (non-hydrogen) atoms. The number of fused-ring (bicyclic) bond motifs is 12. The fourth-order valence-corrected chi connectivity index (χ4v) is 8.87. The smallest absolute Gasteiger partial charge is 0.252 e. The van der Waals surface area contributed by atoms with E-state index in [-0.39, 0.29) is 38.9 Å². The number of pyridine rings is 2. The number of hydrogen-bond donors (Lipinski definition) is 1. The van der Waals surface area contributed by atoms with Crippen molar-refractivity contribution in [2.45, 2.75) is 26.2 Å². The second-order valence-corrected chi connectivity index (χ2v) is 15.8. The maximum Gasteiger partial charge on any atom is 0.252 e. The number of benzene rings is 7. The number of aromatic nitrogens is 2. The summed E-state index contributed by atoms with van der Waals surface area (Å²) in [5.74, 6) is 1.87. The molecule has 0 aliphatic carbocycles. The van der Waals surface area contributed by atoms with Gasteiger partial charge in [0.05, 0.1) is 10.9 Å². The van der Waals surface area contributed by atoms with E-state index in [2.05, 4.69) is 142 Å². The maximum atomic E-state index is 12.7. The van der Waals surface area contributed by atoms with E-state index < -0.39 is 0 Å². The van der Waals surface area contributed by atoms with Crippen molar-refractivity contribution in [3.63, 3.8) is 0 Å². The largest absolute Gasteiger partial charge is 0.507 e. The molecule has 0 unspecified atom stereocenters. The van der Waals surface area contributed by atoms with Gasteiger partial charge in [-0.3, -0.25) is 9.97 Å². The molecule has 0 radical (unpaired) electrons. The predicted molar refractivity (Wildman–Crippen MR) is 227 cm³/mol. The normalized spacial score (nSPS) is 12.6. The summed E-state index contributed by atoms with van der Waals surface area (Å²) < 4.78 is 6.95. The number of rotatable bonds is 3. The summed E-state index contributed by atoms with van der Waals surface area (Å²) in [7, 11) is 0. The third kappa shape index (κ3) is 5.11. The first kappa shape index (κ1) is 34.5. The molecule has 0 saturated carbocycles. The maximum absolute atomic E-state index is 12.7. The molecular formula is C50H34BN2O2Pt-. The quantitative estimate of drug-likeness (QED) is 0.109. The Balaban J connectivity index is 0.00000384. The monoisotopic (exact) mass is 900 g/mol. The summed E-state index contributed by atoms with van der Waals surface area (Å²) in [6, 6.07) is 52.1. The van der Waals surface area contributed by atoms with Crippen molar-refractivity contribution in [2.75, 3.05) is 0 Å². The van der Waals surface area contributed by atoms with Gasteiger partial charge in [0, 0.05) is 55.0 Å². The zero-order valence-electron chi connectivity index (χ0n) is 31.0. The molecule has 270 valence electrons. The van der Waals surface area contributed by atoms with Gasteiger partial charge in [-0.1, -0.05) is 153 Å². The van der Waals surface area contributed by atoms with Crippen LogP contribution in [0.4, 0.5) is 0 Å². The van der Waals surface area contributed by atoms with Gasteiger partial charge in [0.1, 0.15) is 17.2 Å². The van der Waals surface area contributed by atoms with Crippen molar-refractivity contribution >= 4 is 55.5 Å². The van der Waals surface area contributed by atoms with Crippen molar-refractivity contribution < 1.29 is 30.9 Å². The van der Waals surface area contributed by atoms with Crippen LogP contribution in [0.5, 0.6) is 17.2 Å². The standard InChI is InChI=1S/C50H34BN2O2.Pt/c1-50(2,3)33-26-31(25-32(27-33)41-28-30(23-24-52-41)29-13-5-4-6-14-29)40-22-21-36-34-15-7-8-16-35(34)43-45(47(36)53-40)48(54)44-37-17-9-10-18-38(37)51-39-19-11-12-20-42(39)55-49(43)46(44)51;/h4-24,26-28,54H,1-3H3;/q-1;. The van der Waals surface area contributed by atoms with Crippen LogP contribution in [-0.4, -0.2) is 21.8 Å². The first-order valence-corrected chi connectivity index (χ1v) is 18.8. The fraction of sp³-hybridized carbons (Fsp3) is 0.0800. The van der Waals surface area contributed by atoms with Gasteiger partial charge in [-0.2, -0.15) is 0 Å². The fourth-order valence-electron chi connectivity index (χ4n) is 8.87. The molecule has 6 heteroatoms. The molecule has 0 spiro atoms. The van der Waals surface area contributed by atoms with Crippen molar-refractivity contribution in [1.29, 1.82) is 0 Å². The number of aromatic hydroxyl groups is 1. The molecule has 2 aliphatic heterocycles. The van der Waals surface area contributed by atoms with E-state index in [1.54, 1.807) is 0 Å². The zero-order valence-corrected chi connectivity index (χ0v) is 33.3. The molecule has 0 saturated heterocycles. The van der Waals surface area contributed by atoms with E-state index in [0.29, 0.717) is 5.39 Å². The van der Waals surface area contributed by atoms with Crippen LogP contribution in [0.2, 0.25) is 0 Å². The van der Waals surface area contributed by atoms with E-state index >= 15 is 0 Å². The molecule has 11 rings (SSSR count). The minimum absolute atomic E-state index is 0. The van der Waals surface area contributed by atoms with E-state index in [0.717, 1.165) is 99.8 Å². The van der Waals surface area contributed by atoms with Gasteiger partial charge >= 0.3 is 0 Å². The zero-order chi connectivity index (χ0) is 37.0. The average molecular weight is 901 g/mol. The van der Waals surface area contributed by atoms with Gasteiger partial charge in [-0.25, -0.2) is 0 Å². The van der Waals surface area contributed by atoms with Crippen molar-refractivity contribution in [3.8, 4) is 62.0 Å². The Morgan fingerprint density at radius 3 is 2.14 bits per heavy atom. The van der Waals surface area contributed by atoms with Crippen LogP contribution in [0.3, 0.4) is 0 Å². The summed E-state index contributed by atoms with van der Waals surface area (Å²) >= 11 is 0. The van der Waals surface area contributed by atoms with Gasteiger partial charge in [0.2, 0.25) is 0 Å². The summed E-state index contributed by atoms with van der Waals surface area (Å²) in [5, 5.41) is 17.3. The molecule has 2 aromatic heterocycles. The first-order valence-electron chi connectivity index (χ1n) is 18.8. The molecule has 1 N–H and O–H groups in total. The van der Waals surface area contributed by atoms with Crippen LogP contribution in [0.1, 0.15) is 26.3 Å². The summed E-state index contributed by atoms with van der Waals surface area (Å²) in [6.45, 7) is 6.64. The number of nitrogens with zero attached hydrogens (tertiary/aromatic N) is 2. The Hall–Kier alpha value is -6.03. The van der Waals surface area contributed by atoms with E-state index in [9.17, 15) is 5.11 Å². The Morgan fingerprint density at radius 1 is 0.643 bits per heavy atom. The molecule has 2 aliphatic rings. The average Bonchev–Trinajstić information content (AvgIpc) is 3.58. The number of phenols is 1. The van der Waals surface area contributed by atoms with E-state index in [1.165, 1.54) is 5.46 Å². The van der Waals surface area contributed by atoms with Crippen LogP contribution < -0.4 is 21.1 Å². The van der Waals surface area contributed by atoms with Crippen LogP contribution in [-0.2, 0) is 26.5 Å². The second-order valence-electron chi connectivity index (χ2n) is 15.8. The van der Waals surface area contributed by atoms with Crippen molar-refractivity contribution in [3.05, 3.63) is 157 Å². The Bertz CT molecular complexity index is 3080. The summed E-state index contributed by atoms with van der Waals surface area (Å²) in [6.07, 6.45) is 1.87. The topological polar surface area (TPSA) is 55.2 Å². The minimum Gasteiger partial charge on any atom is -0.507 e. The first-order chi connectivity index (χ1) is 26.8. The van der Waals surface area contributed by atoms with Crippen LogP contribution in [0.25, 0.3) is 77.2 Å². The van der Waals surface area contributed by atoms with Crippen LogP contribution in [0, 0.1) is 6.07 Å². The van der Waals surface area contributed by atoms with Gasteiger partial charge in [-0.05, 0) is 55.9 Å². The van der Waals surface area contributed by atoms with E-state index in [4.69, 9.17) is 14.7 Å². The molecule has 4 heterocycles. The number of para-hydroxylation sites is 1. The molecule has 0 bridgehead atoms. The van der Waals surface area contributed by atoms with Crippen LogP contribution in [0.15, 0.2) is 146 Å². The Morgan fingerprint density at radius 2 is 1.34 bits per heavy atom. The van der Waals surface area contributed by atoms with Gasteiger partial charge in [0.25, 0.3) is 6.71 Å². The third-order valence-electron chi connectivity index (χ3n) is 11.5. The summed E-state index contributed by atoms with van der Waals surface area (Å²) in [4.78, 5) is 10.3. The molecule has 4 nitrogen and oxygen atoms in total. The van der Waals surface area contributed by atoms with Crippen molar-refractivity contribution in [1.82, 2.24) is 9.97 Å². The number of phenolic OH excluding ortho intramolecular Hbond substituents is 1. The van der Waals surface area contributed by atoms with Gasteiger partial charge in [-0.15, -0.1) is 23.8 Å². The van der Waals surface area contributed by atoms with Gasteiger partial charge in [0.15, 0.2) is 0 Å². The number of hydrogen-bond acceptors (Lipinski definition) is 4. The Kier molecular flexibility index (Phi) is 7.85. The van der Waals surface area contributed by atoms with Crippen molar-refractivity contribution in [2.24, 2.45) is 0 Å². The molecule has 0 atom stereocenters. The Labute approximate surface area is 340 Å². The predicted octanol–water partition coefficient (Wildman–Crippen LogP) is 10.3. The molecule has 0 amide bonds. The molecule has 7 aromatic carbocycles. The molecule has 9 aromatic rings. The molecular weight excluding hydrogens is 866 g/mol. The van der Waals surface area contributed by atoms with Crippen LogP contribution >= 0.6 is 0 Å². The summed E-state index contributed by atoms with van der Waals surface area (Å²) in [5.41, 5.74) is 12.5.